The lowest BCUT2D eigenvalue weighted by Gasteiger charge is -2.14. The number of thiazole rings is 2. The molecule has 0 spiro atoms. The number of amides is 1. The van der Waals surface area contributed by atoms with E-state index in [0.29, 0.717) is 11.6 Å². The molecule has 0 radical (unpaired) electrons. The summed E-state index contributed by atoms with van der Waals surface area (Å²) in [6.45, 7) is 0. The first-order chi connectivity index (χ1) is 16.2. The molecule has 4 nitrogen and oxygen atoms in total. The van der Waals surface area contributed by atoms with E-state index >= 15 is 0 Å². The lowest BCUT2D eigenvalue weighted by Crippen LogP contribution is -2.18. The molecule has 3 aromatic carbocycles. The lowest BCUT2D eigenvalue weighted by molar-refractivity contribution is -0.115. The summed E-state index contributed by atoms with van der Waals surface area (Å²) in [4.78, 5) is 23.5. The van der Waals surface area contributed by atoms with Gasteiger partial charge in [0.2, 0.25) is 5.91 Å². The third-order valence-corrected chi connectivity index (χ3v) is 8.61. The van der Waals surface area contributed by atoms with Crippen LogP contribution in [0.3, 0.4) is 0 Å². The van der Waals surface area contributed by atoms with E-state index in [1.165, 1.54) is 23.1 Å². The number of nitrogens with zero attached hydrogens (tertiary/aromatic N) is 2. The topological polar surface area (TPSA) is 54.9 Å². The molecule has 0 saturated carbocycles. The van der Waals surface area contributed by atoms with Gasteiger partial charge in [-0.15, -0.1) is 22.7 Å². The summed E-state index contributed by atoms with van der Waals surface area (Å²) in [5.74, 6) is -0.121. The summed E-state index contributed by atoms with van der Waals surface area (Å²) in [6, 6.07) is 25.5. The standard InChI is InChI=1S/C25H18ClN3OS3/c26-19-11-5-4-10-17(19)14-18-15-27-24(31-18)29-23(30)22(16-8-2-1-3-9-16)33-25-28-20-12-6-7-13-21(20)32-25/h1-13,15,22H,14H2,(H,27,29,30). The Hall–Kier alpha value is -2.71. The van der Waals surface area contributed by atoms with Crippen molar-refractivity contribution in [1.29, 1.82) is 0 Å². The Morgan fingerprint density at radius 3 is 2.55 bits per heavy atom. The van der Waals surface area contributed by atoms with E-state index in [-0.39, 0.29) is 5.91 Å². The van der Waals surface area contributed by atoms with Crippen LogP contribution in [-0.2, 0) is 11.2 Å². The van der Waals surface area contributed by atoms with E-state index in [4.69, 9.17) is 16.6 Å². The number of carbonyl (C=O) groups is 1. The molecule has 0 aliphatic rings. The Kier molecular flexibility index (Phi) is 6.73. The molecule has 0 fully saturated rings. The van der Waals surface area contributed by atoms with Crippen molar-refractivity contribution in [3.8, 4) is 0 Å². The maximum atomic E-state index is 13.3. The molecule has 1 unspecified atom stereocenters. The number of thioether (sulfide) groups is 1. The number of para-hydroxylation sites is 1. The average molecular weight is 508 g/mol. The van der Waals surface area contributed by atoms with Crippen LogP contribution < -0.4 is 5.32 Å². The normalized spacial score (nSPS) is 12.0. The molecule has 1 N–H and O–H groups in total. The molecule has 2 heterocycles. The van der Waals surface area contributed by atoms with Crippen molar-refractivity contribution in [1.82, 2.24) is 9.97 Å². The van der Waals surface area contributed by atoms with Gasteiger partial charge < -0.3 is 5.32 Å². The van der Waals surface area contributed by atoms with Crippen molar-refractivity contribution in [2.45, 2.75) is 16.0 Å². The highest BCUT2D eigenvalue weighted by Crippen LogP contribution is 2.40. The van der Waals surface area contributed by atoms with Crippen molar-refractivity contribution in [2.75, 3.05) is 5.32 Å². The zero-order valence-electron chi connectivity index (χ0n) is 17.3. The molecule has 33 heavy (non-hydrogen) atoms. The number of fused-ring (bicyclic) bond motifs is 1. The predicted octanol–water partition coefficient (Wildman–Crippen LogP) is 7.47. The van der Waals surface area contributed by atoms with Crippen LogP contribution in [0, 0.1) is 0 Å². The van der Waals surface area contributed by atoms with Crippen LogP contribution in [0.1, 0.15) is 21.3 Å². The van der Waals surface area contributed by atoms with Gasteiger partial charge in [-0.2, -0.15) is 0 Å². The molecule has 0 aliphatic heterocycles. The van der Waals surface area contributed by atoms with Crippen molar-refractivity contribution in [2.24, 2.45) is 0 Å². The summed E-state index contributed by atoms with van der Waals surface area (Å²) in [7, 11) is 0. The van der Waals surface area contributed by atoms with Crippen molar-refractivity contribution >= 4 is 67.3 Å². The van der Waals surface area contributed by atoms with E-state index in [9.17, 15) is 4.79 Å². The molecule has 0 saturated heterocycles. The molecule has 5 rings (SSSR count). The smallest absolute Gasteiger partial charge is 0.244 e. The molecule has 8 heteroatoms. The molecule has 5 aromatic rings. The van der Waals surface area contributed by atoms with Crippen molar-refractivity contribution < 1.29 is 4.79 Å². The van der Waals surface area contributed by atoms with Crippen LogP contribution in [0.25, 0.3) is 10.2 Å². The molecule has 0 bridgehead atoms. The molecular weight excluding hydrogens is 490 g/mol. The number of benzene rings is 3. The number of carbonyl (C=O) groups excluding carboxylic acids is 1. The fourth-order valence-electron chi connectivity index (χ4n) is 3.35. The quantitative estimate of drug-likeness (QED) is 0.232. The number of halogens is 1. The number of aromatic nitrogens is 2. The second-order valence-electron chi connectivity index (χ2n) is 7.25. The lowest BCUT2D eigenvalue weighted by atomic mass is 10.1. The summed E-state index contributed by atoms with van der Waals surface area (Å²) in [5, 5.41) is 3.87. The van der Waals surface area contributed by atoms with E-state index < -0.39 is 5.25 Å². The van der Waals surface area contributed by atoms with Crippen LogP contribution in [0.4, 0.5) is 5.13 Å². The van der Waals surface area contributed by atoms with Gasteiger partial charge in [0.1, 0.15) is 5.25 Å². The molecule has 1 amide bonds. The Bertz CT molecular complexity index is 1370. The largest absolute Gasteiger partial charge is 0.301 e. The first-order valence-corrected chi connectivity index (χ1v) is 13.1. The molecule has 1 atom stereocenters. The van der Waals surface area contributed by atoms with E-state index in [1.807, 2.05) is 78.9 Å². The second kappa shape index (κ2) is 10.1. The fraction of sp³-hybridized carbons (Fsp3) is 0.0800. The van der Waals surface area contributed by atoms with Gasteiger partial charge in [-0.05, 0) is 29.3 Å². The Morgan fingerprint density at radius 2 is 1.73 bits per heavy atom. The highest BCUT2D eigenvalue weighted by Gasteiger charge is 2.24. The SMILES string of the molecule is O=C(Nc1ncc(Cc2ccccc2Cl)s1)C(Sc1nc2ccccc2s1)c1ccccc1. The van der Waals surface area contributed by atoms with Gasteiger partial charge in [0.05, 0.1) is 10.2 Å². The van der Waals surface area contributed by atoms with E-state index in [2.05, 4.69) is 10.3 Å². The average Bonchev–Trinajstić information content (AvgIpc) is 3.45. The minimum atomic E-state index is -0.442. The zero-order chi connectivity index (χ0) is 22.6. The monoisotopic (exact) mass is 507 g/mol. The van der Waals surface area contributed by atoms with Crippen LogP contribution in [0.2, 0.25) is 5.02 Å². The maximum absolute atomic E-state index is 13.3. The van der Waals surface area contributed by atoms with E-state index in [1.54, 1.807) is 17.5 Å². The van der Waals surface area contributed by atoms with Gasteiger partial charge in [0.15, 0.2) is 9.47 Å². The number of rotatable bonds is 7. The first-order valence-electron chi connectivity index (χ1n) is 10.2. The third-order valence-electron chi connectivity index (χ3n) is 4.94. The van der Waals surface area contributed by atoms with Gasteiger partial charge in [-0.3, -0.25) is 4.79 Å². The number of anilines is 1. The second-order valence-corrected chi connectivity index (χ2v) is 11.2. The molecule has 164 valence electrons. The number of nitrogens with one attached hydrogen (secondary N) is 1. The summed E-state index contributed by atoms with van der Waals surface area (Å²) in [6.07, 6.45) is 2.47. The van der Waals surface area contributed by atoms with Crippen molar-refractivity contribution in [3.05, 3.63) is 106 Å². The van der Waals surface area contributed by atoms with E-state index in [0.717, 1.165) is 35.6 Å². The Labute approximate surface area is 208 Å². The van der Waals surface area contributed by atoms with Gasteiger partial charge in [0, 0.05) is 22.5 Å². The maximum Gasteiger partial charge on any atom is 0.244 e. The molecular formula is C25H18ClN3OS3. The number of hydrogen-bond donors (Lipinski definition) is 1. The van der Waals surface area contributed by atoms with Crippen molar-refractivity contribution in [3.63, 3.8) is 0 Å². The summed E-state index contributed by atoms with van der Waals surface area (Å²) in [5.41, 5.74) is 2.91. The van der Waals surface area contributed by atoms with Crippen LogP contribution in [-0.4, -0.2) is 15.9 Å². The number of hydrogen-bond acceptors (Lipinski definition) is 6. The fourth-order valence-corrected chi connectivity index (χ4v) is 6.65. The Balaban J connectivity index is 1.35. The molecule has 2 aromatic heterocycles. The van der Waals surface area contributed by atoms with Gasteiger partial charge in [0.25, 0.3) is 0 Å². The minimum Gasteiger partial charge on any atom is -0.301 e. The Morgan fingerprint density at radius 1 is 0.970 bits per heavy atom. The third kappa shape index (κ3) is 5.28. The first kappa shape index (κ1) is 22.1. The summed E-state index contributed by atoms with van der Waals surface area (Å²) < 4.78 is 1.97. The molecule has 0 aliphatic carbocycles. The highest BCUT2D eigenvalue weighted by molar-refractivity contribution is 8.02. The van der Waals surface area contributed by atoms with Crippen LogP contribution in [0.5, 0.6) is 0 Å². The van der Waals surface area contributed by atoms with Gasteiger partial charge in [-0.1, -0.05) is 84.0 Å². The zero-order valence-corrected chi connectivity index (χ0v) is 20.5. The minimum absolute atomic E-state index is 0.121. The predicted molar refractivity (Wildman–Crippen MR) is 140 cm³/mol. The van der Waals surface area contributed by atoms with Crippen LogP contribution in [0.15, 0.2) is 89.4 Å². The van der Waals surface area contributed by atoms with Gasteiger partial charge >= 0.3 is 0 Å². The summed E-state index contributed by atoms with van der Waals surface area (Å²) >= 11 is 10.8. The van der Waals surface area contributed by atoms with Crippen LogP contribution >= 0.6 is 46.0 Å². The highest BCUT2D eigenvalue weighted by atomic mass is 35.5. The van der Waals surface area contributed by atoms with Gasteiger partial charge in [-0.25, -0.2) is 9.97 Å².